The predicted molar refractivity (Wildman–Crippen MR) is 126 cm³/mol. The van der Waals surface area contributed by atoms with E-state index in [1.54, 1.807) is 0 Å². The molecular weight excluding hydrogens is 513 g/mol. The first kappa shape index (κ1) is 23.9. The van der Waals surface area contributed by atoms with Crippen molar-refractivity contribution in [2.45, 2.75) is 11.4 Å². The summed E-state index contributed by atoms with van der Waals surface area (Å²) in [5, 5.41) is 6.56. The summed E-state index contributed by atoms with van der Waals surface area (Å²) in [5.74, 6) is 0. The quantitative estimate of drug-likeness (QED) is 0.164. The summed E-state index contributed by atoms with van der Waals surface area (Å²) >= 11 is 1.47. The summed E-state index contributed by atoms with van der Waals surface area (Å²) in [6.45, 7) is 1.96. The van der Waals surface area contributed by atoms with Crippen LogP contribution in [0.1, 0.15) is 5.56 Å². The van der Waals surface area contributed by atoms with E-state index in [-0.39, 0.29) is 23.1 Å². The van der Waals surface area contributed by atoms with Crippen LogP contribution in [0.5, 0.6) is 0 Å². The van der Waals surface area contributed by atoms with Gasteiger partial charge in [-0.15, -0.1) is 11.8 Å². The van der Waals surface area contributed by atoms with Crippen molar-refractivity contribution in [2.75, 3.05) is 19.0 Å². The molecule has 3 aromatic carbocycles. The minimum atomic E-state index is -0.346. The summed E-state index contributed by atoms with van der Waals surface area (Å²) in [5.41, 5.74) is 1.39. The number of nitrogens with one attached hydrogen (secondary N) is 1. The van der Waals surface area contributed by atoms with Crippen molar-refractivity contribution in [1.29, 1.82) is 0 Å². The van der Waals surface area contributed by atoms with Gasteiger partial charge in [0.05, 0.1) is 0 Å². The van der Waals surface area contributed by atoms with Crippen LogP contribution < -0.4 is 15.9 Å². The van der Waals surface area contributed by atoms with Crippen LogP contribution in [0.2, 0.25) is 0 Å². The molecule has 0 amide bonds. The van der Waals surface area contributed by atoms with Crippen molar-refractivity contribution in [3.8, 4) is 0 Å². The van der Waals surface area contributed by atoms with Gasteiger partial charge in [-0.05, 0) is 49.1 Å². The average Bonchev–Trinajstić information content (AvgIpc) is 2.76. The van der Waals surface area contributed by atoms with Crippen LogP contribution in [0.15, 0.2) is 89.8 Å². The van der Waals surface area contributed by atoms with E-state index in [1.807, 2.05) is 11.8 Å². The molecule has 0 saturated carbocycles. The second kappa shape index (κ2) is 14.6. The molecule has 0 saturated heterocycles. The summed E-state index contributed by atoms with van der Waals surface area (Å²) in [7, 11) is 9.40. The standard InChI is InChI=1S/C22H24NPS.2ClH.Ru/c1-25-22-15-9-8-10-19(22)18-23-16-17-24(20-11-4-2-5-12-20)21-13-6-3-7-14-21;;;/h2-15,23H,16-18H2,1H3;2*1H;/q;;;+2/p-2. The first-order chi connectivity index (χ1) is 13.8. The Bertz CT molecular complexity index is 753. The van der Waals surface area contributed by atoms with Gasteiger partial charge in [0, 0.05) is 11.4 Å². The van der Waals surface area contributed by atoms with Crippen LogP contribution in [-0.2, 0) is 21.7 Å². The van der Waals surface area contributed by atoms with Crippen LogP contribution in [0.25, 0.3) is 0 Å². The maximum absolute atomic E-state index is 4.85. The zero-order valence-electron chi connectivity index (χ0n) is 15.7. The molecule has 0 spiro atoms. The van der Waals surface area contributed by atoms with Crippen molar-refractivity contribution in [3.05, 3.63) is 90.5 Å². The van der Waals surface area contributed by atoms with Crippen LogP contribution in [0, 0.1) is 0 Å². The number of hydrogen-bond donors (Lipinski definition) is 1. The van der Waals surface area contributed by atoms with Crippen LogP contribution in [0.3, 0.4) is 0 Å². The Morgan fingerprint density at radius 2 is 1.32 bits per heavy atom. The van der Waals surface area contributed by atoms with Crippen molar-refractivity contribution in [3.63, 3.8) is 0 Å². The van der Waals surface area contributed by atoms with E-state index in [1.165, 1.54) is 21.1 Å². The Hall–Kier alpha value is -0.397. The number of thioether (sulfide) groups is 1. The molecule has 3 rings (SSSR count). The Labute approximate surface area is 190 Å². The molecule has 0 aliphatic heterocycles. The number of benzene rings is 3. The first-order valence-electron chi connectivity index (χ1n) is 8.85. The van der Waals surface area contributed by atoms with Gasteiger partial charge in [-0.1, -0.05) is 78.9 Å². The molecule has 0 aliphatic rings. The van der Waals surface area contributed by atoms with Crippen LogP contribution >= 0.6 is 39.1 Å². The van der Waals surface area contributed by atoms with E-state index < -0.39 is 0 Å². The Morgan fingerprint density at radius 1 is 0.821 bits per heavy atom. The van der Waals surface area contributed by atoms with Gasteiger partial charge in [-0.25, -0.2) is 0 Å². The fourth-order valence-corrected chi connectivity index (χ4v) is 5.76. The second-order valence-corrected chi connectivity index (χ2v) is 11.7. The van der Waals surface area contributed by atoms with E-state index in [0.717, 1.165) is 19.3 Å². The van der Waals surface area contributed by atoms with Gasteiger partial charge >= 0.3 is 34.5 Å². The van der Waals surface area contributed by atoms with Crippen LogP contribution in [0.4, 0.5) is 0 Å². The molecule has 0 fully saturated rings. The van der Waals surface area contributed by atoms with Gasteiger partial charge in [-0.3, -0.25) is 0 Å². The SMILES string of the molecule is CSc1ccccc1CNCCP(c1ccccc1)c1ccccc1.[Cl][Ru][Cl]. The number of halogens is 2. The Kier molecular flexibility index (Phi) is 12.4. The third-order valence-corrected chi connectivity index (χ3v) is 7.51. The molecule has 3 aromatic rings. The molecule has 0 radical (unpaired) electrons. The summed E-state index contributed by atoms with van der Waals surface area (Å²) in [4.78, 5) is 1.36. The van der Waals surface area contributed by atoms with E-state index >= 15 is 0 Å². The van der Waals surface area contributed by atoms with E-state index in [9.17, 15) is 0 Å². The van der Waals surface area contributed by atoms with Gasteiger partial charge in [0.25, 0.3) is 0 Å². The van der Waals surface area contributed by atoms with Crippen molar-refractivity contribution >= 4 is 49.7 Å². The van der Waals surface area contributed by atoms with E-state index in [2.05, 4.69) is 96.5 Å². The fourth-order valence-electron chi connectivity index (χ4n) is 2.89. The van der Waals surface area contributed by atoms with E-state index in [0.29, 0.717) is 0 Å². The molecular formula is C22H24Cl2NPRuS. The van der Waals surface area contributed by atoms with Crippen molar-refractivity contribution < 1.29 is 15.1 Å². The molecule has 1 nitrogen and oxygen atoms in total. The van der Waals surface area contributed by atoms with Crippen molar-refractivity contribution in [1.82, 2.24) is 5.32 Å². The van der Waals surface area contributed by atoms with Gasteiger partial charge in [-0.2, -0.15) is 0 Å². The topological polar surface area (TPSA) is 12.0 Å². The normalized spacial score (nSPS) is 10.6. The third-order valence-electron chi connectivity index (χ3n) is 4.16. The molecule has 0 aromatic heterocycles. The molecule has 0 aliphatic carbocycles. The minimum absolute atomic E-state index is 0.310. The molecule has 0 heterocycles. The maximum atomic E-state index is 4.85. The molecule has 150 valence electrons. The summed E-state index contributed by atoms with van der Waals surface area (Å²) in [6.07, 6.45) is 3.30. The molecule has 28 heavy (non-hydrogen) atoms. The van der Waals surface area contributed by atoms with Gasteiger partial charge in [0.2, 0.25) is 0 Å². The zero-order chi connectivity index (χ0) is 20.0. The number of hydrogen-bond acceptors (Lipinski definition) is 2. The van der Waals surface area contributed by atoms with Gasteiger partial charge < -0.3 is 5.32 Å². The third kappa shape index (κ3) is 8.15. The molecule has 1 N–H and O–H groups in total. The van der Waals surface area contributed by atoms with Crippen LogP contribution in [-0.4, -0.2) is 19.0 Å². The molecule has 6 heteroatoms. The molecule has 0 unspecified atom stereocenters. The van der Waals surface area contributed by atoms with Crippen molar-refractivity contribution in [2.24, 2.45) is 0 Å². The Balaban J connectivity index is 0.000000878. The summed E-state index contributed by atoms with van der Waals surface area (Å²) < 4.78 is 0. The fraction of sp³-hybridized carbons (Fsp3) is 0.182. The Morgan fingerprint density at radius 3 is 1.86 bits per heavy atom. The predicted octanol–water partition coefficient (Wildman–Crippen LogP) is 6.01. The zero-order valence-corrected chi connectivity index (χ0v) is 20.6. The molecule has 0 atom stereocenters. The molecule has 0 bridgehead atoms. The van der Waals surface area contributed by atoms with E-state index in [4.69, 9.17) is 19.4 Å². The van der Waals surface area contributed by atoms with Gasteiger partial charge in [0.1, 0.15) is 0 Å². The van der Waals surface area contributed by atoms with Gasteiger partial charge in [0.15, 0.2) is 0 Å². The number of rotatable bonds is 8. The second-order valence-electron chi connectivity index (χ2n) is 5.86. The monoisotopic (exact) mass is 537 g/mol. The summed E-state index contributed by atoms with van der Waals surface area (Å²) in [6, 6.07) is 30.5. The average molecular weight is 537 g/mol. The first-order valence-corrected chi connectivity index (χ1v) is 16.1.